The first kappa shape index (κ1) is 11.1. The van der Waals surface area contributed by atoms with Crippen molar-refractivity contribution in [2.24, 2.45) is 0 Å². The van der Waals surface area contributed by atoms with Crippen LogP contribution in [0.3, 0.4) is 0 Å². The molecule has 3 amide bonds. The zero-order valence-electron chi connectivity index (χ0n) is 10.1. The number of fused-ring (bicyclic) bond motifs is 4. The van der Waals surface area contributed by atoms with E-state index in [9.17, 15) is 9.59 Å². The molecule has 2 N–H and O–H groups in total. The van der Waals surface area contributed by atoms with Crippen LogP contribution in [0.15, 0.2) is 6.20 Å². The molecule has 3 rings (SSSR count). The van der Waals surface area contributed by atoms with Gasteiger partial charge in [0.25, 0.3) is 0 Å². The van der Waals surface area contributed by atoms with Crippen LogP contribution in [-0.4, -0.2) is 39.7 Å². The average Bonchev–Trinajstić information content (AvgIpc) is 2.84. The standard InChI is InChI=1S/C11H15N5O2/c1-7(17)12-2-3-16-10-6-15-5-9(14-11(15)18)8(10)4-13-16/h4,9H,2-3,5-6H2,1H3,(H,12,17)(H,14,18). The largest absolute Gasteiger partial charge is 0.354 e. The number of nitrogens with one attached hydrogen (secondary N) is 2. The molecule has 0 aromatic carbocycles. The van der Waals surface area contributed by atoms with Gasteiger partial charge in [-0.25, -0.2) is 4.79 Å². The predicted octanol–water partition coefficient (Wildman–Crippen LogP) is -0.401. The number of carbonyl (C=O) groups excluding carboxylic acids is 2. The van der Waals surface area contributed by atoms with E-state index in [1.807, 2.05) is 10.9 Å². The number of carbonyl (C=O) groups is 2. The molecular weight excluding hydrogens is 234 g/mol. The molecule has 0 spiro atoms. The van der Waals surface area contributed by atoms with Crippen LogP contribution in [0.4, 0.5) is 4.79 Å². The quantitative estimate of drug-likeness (QED) is 0.765. The monoisotopic (exact) mass is 249 g/mol. The summed E-state index contributed by atoms with van der Waals surface area (Å²) in [5.74, 6) is -0.0447. The van der Waals surface area contributed by atoms with Gasteiger partial charge >= 0.3 is 6.03 Å². The number of nitrogens with zero attached hydrogens (tertiary/aromatic N) is 3. The van der Waals surface area contributed by atoms with Gasteiger partial charge in [0.1, 0.15) is 0 Å². The predicted molar refractivity (Wildman–Crippen MR) is 62.6 cm³/mol. The van der Waals surface area contributed by atoms with Crippen molar-refractivity contribution in [3.63, 3.8) is 0 Å². The third-order valence-corrected chi connectivity index (χ3v) is 3.38. The van der Waals surface area contributed by atoms with E-state index in [4.69, 9.17) is 0 Å². The van der Waals surface area contributed by atoms with Crippen LogP contribution in [0, 0.1) is 0 Å². The summed E-state index contributed by atoms with van der Waals surface area (Å²) in [4.78, 5) is 24.2. The van der Waals surface area contributed by atoms with Crippen molar-refractivity contribution in [1.82, 2.24) is 25.3 Å². The molecule has 1 unspecified atom stereocenters. The summed E-state index contributed by atoms with van der Waals surface area (Å²) in [6.45, 7) is 3.99. The Hall–Kier alpha value is -2.05. The van der Waals surface area contributed by atoms with Crippen LogP contribution < -0.4 is 10.6 Å². The minimum absolute atomic E-state index is 0.00962. The molecular formula is C11H15N5O2. The van der Waals surface area contributed by atoms with E-state index < -0.39 is 0 Å². The molecule has 1 fully saturated rings. The number of hydrogen-bond acceptors (Lipinski definition) is 3. The molecule has 18 heavy (non-hydrogen) atoms. The van der Waals surface area contributed by atoms with Gasteiger partial charge in [-0.2, -0.15) is 5.10 Å². The van der Waals surface area contributed by atoms with E-state index in [1.165, 1.54) is 6.92 Å². The first-order valence-electron chi connectivity index (χ1n) is 5.99. The van der Waals surface area contributed by atoms with Crippen molar-refractivity contribution in [3.8, 4) is 0 Å². The van der Waals surface area contributed by atoms with E-state index in [2.05, 4.69) is 15.7 Å². The Morgan fingerprint density at radius 1 is 1.67 bits per heavy atom. The Morgan fingerprint density at radius 3 is 3.28 bits per heavy atom. The molecule has 7 heteroatoms. The van der Waals surface area contributed by atoms with Gasteiger partial charge in [0, 0.05) is 25.6 Å². The molecule has 2 aliphatic heterocycles. The summed E-state index contributed by atoms with van der Waals surface area (Å²) in [7, 11) is 0. The zero-order chi connectivity index (χ0) is 12.7. The second kappa shape index (κ2) is 4.01. The lowest BCUT2D eigenvalue weighted by atomic mass is 10.1. The van der Waals surface area contributed by atoms with Crippen LogP contribution in [0.25, 0.3) is 0 Å². The van der Waals surface area contributed by atoms with Gasteiger partial charge in [-0.05, 0) is 0 Å². The maximum Gasteiger partial charge on any atom is 0.318 e. The molecule has 7 nitrogen and oxygen atoms in total. The van der Waals surface area contributed by atoms with Crippen molar-refractivity contribution in [3.05, 3.63) is 17.5 Å². The second-order valence-corrected chi connectivity index (χ2v) is 4.64. The summed E-state index contributed by atoms with van der Waals surface area (Å²) < 4.78 is 1.87. The summed E-state index contributed by atoms with van der Waals surface area (Å²) in [6, 6.07) is 0.0559. The van der Waals surface area contributed by atoms with E-state index in [0.717, 1.165) is 17.8 Å². The number of aromatic nitrogens is 2. The molecule has 1 saturated heterocycles. The Morgan fingerprint density at radius 2 is 2.50 bits per heavy atom. The topological polar surface area (TPSA) is 79.3 Å². The minimum Gasteiger partial charge on any atom is -0.354 e. The highest BCUT2D eigenvalue weighted by atomic mass is 16.2. The normalized spacial score (nSPS) is 20.6. The molecule has 1 atom stereocenters. The molecule has 3 heterocycles. The van der Waals surface area contributed by atoms with E-state index in [-0.39, 0.29) is 18.0 Å². The highest BCUT2D eigenvalue weighted by molar-refractivity contribution is 5.78. The van der Waals surface area contributed by atoms with Crippen LogP contribution >= 0.6 is 0 Å². The highest BCUT2D eigenvalue weighted by Gasteiger charge is 2.37. The summed E-state index contributed by atoms with van der Waals surface area (Å²) >= 11 is 0. The van der Waals surface area contributed by atoms with E-state index >= 15 is 0 Å². The lowest BCUT2D eigenvalue weighted by Crippen LogP contribution is -2.31. The molecule has 1 aromatic rings. The van der Waals surface area contributed by atoms with E-state index in [1.54, 1.807) is 4.90 Å². The fourth-order valence-electron chi connectivity index (χ4n) is 2.50. The number of hydrogen-bond donors (Lipinski definition) is 2. The molecule has 0 saturated carbocycles. The first-order valence-corrected chi connectivity index (χ1v) is 5.99. The SMILES string of the molecule is CC(=O)NCCn1ncc2c1CN1CC2NC1=O. The molecule has 1 aromatic heterocycles. The van der Waals surface area contributed by atoms with Crippen LogP contribution in [0.2, 0.25) is 0 Å². The Bertz CT molecular complexity index is 510. The third kappa shape index (κ3) is 1.71. The third-order valence-electron chi connectivity index (χ3n) is 3.38. The first-order chi connectivity index (χ1) is 8.65. The summed E-state index contributed by atoms with van der Waals surface area (Å²) in [6.07, 6.45) is 1.82. The minimum atomic E-state index is -0.0447. The smallest absolute Gasteiger partial charge is 0.318 e. The van der Waals surface area contributed by atoms with Crippen molar-refractivity contribution >= 4 is 11.9 Å². The fourth-order valence-corrected chi connectivity index (χ4v) is 2.50. The van der Waals surface area contributed by atoms with Crippen LogP contribution in [0.1, 0.15) is 24.2 Å². The molecule has 0 aliphatic carbocycles. The molecule has 2 aliphatic rings. The van der Waals surface area contributed by atoms with Gasteiger partial charge in [-0.15, -0.1) is 0 Å². The Kier molecular flexibility index (Phi) is 2.46. The maximum absolute atomic E-state index is 11.6. The van der Waals surface area contributed by atoms with Crippen molar-refractivity contribution in [2.45, 2.75) is 26.1 Å². The van der Waals surface area contributed by atoms with Gasteiger partial charge < -0.3 is 15.5 Å². The zero-order valence-corrected chi connectivity index (χ0v) is 10.1. The molecule has 96 valence electrons. The number of urea groups is 1. The van der Waals surface area contributed by atoms with Crippen molar-refractivity contribution in [1.29, 1.82) is 0 Å². The lowest BCUT2D eigenvalue weighted by Gasteiger charge is -2.21. The van der Waals surface area contributed by atoms with Gasteiger partial charge in [0.15, 0.2) is 0 Å². The van der Waals surface area contributed by atoms with Gasteiger partial charge in [-0.3, -0.25) is 9.48 Å². The van der Waals surface area contributed by atoms with Crippen LogP contribution in [-0.2, 0) is 17.9 Å². The van der Waals surface area contributed by atoms with Crippen LogP contribution in [0.5, 0.6) is 0 Å². The fraction of sp³-hybridized carbons (Fsp3) is 0.545. The van der Waals surface area contributed by atoms with Gasteiger partial charge in [0.05, 0.1) is 31.0 Å². The van der Waals surface area contributed by atoms with Gasteiger partial charge in [-0.1, -0.05) is 0 Å². The number of amides is 3. The highest BCUT2D eigenvalue weighted by Crippen LogP contribution is 2.30. The molecule has 2 bridgehead atoms. The lowest BCUT2D eigenvalue weighted by molar-refractivity contribution is -0.118. The Labute approximate surface area is 104 Å². The Balaban J connectivity index is 1.76. The van der Waals surface area contributed by atoms with Gasteiger partial charge in [0.2, 0.25) is 5.91 Å². The maximum atomic E-state index is 11.6. The van der Waals surface area contributed by atoms with Crippen molar-refractivity contribution < 1.29 is 9.59 Å². The summed E-state index contributed by atoms with van der Waals surface area (Å²) in [5.41, 5.74) is 2.16. The summed E-state index contributed by atoms with van der Waals surface area (Å²) in [5, 5.41) is 9.99. The average molecular weight is 249 g/mol. The van der Waals surface area contributed by atoms with Crippen molar-refractivity contribution in [2.75, 3.05) is 13.1 Å². The van der Waals surface area contributed by atoms with E-state index in [0.29, 0.717) is 19.6 Å². The number of rotatable bonds is 3. The second-order valence-electron chi connectivity index (χ2n) is 4.64. The molecule has 0 radical (unpaired) electrons.